The average Bonchev–Trinajstić information content (AvgIpc) is 2.62. The highest BCUT2D eigenvalue weighted by molar-refractivity contribution is 14.1. The van der Waals surface area contributed by atoms with Crippen molar-refractivity contribution >= 4 is 28.4 Å². The summed E-state index contributed by atoms with van der Waals surface area (Å²) in [7, 11) is 0. The van der Waals surface area contributed by atoms with E-state index in [4.69, 9.17) is 10.3 Å². The summed E-state index contributed by atoms with van der Waals surface area (Å²) in [5, 5.41) is 10.4. The van der Waals surface area contributed by atoms with Crippen molar-refractivity contribution in [2.45, 2.75) is 6.92 Å². The largest absolute Gasteiger partial charge is 0.380 e. The number of aromatic nitrogens is 3. The lowest BCUT2D eigenvalue weighted by Gasteiger charge is -1.92. The first-order chi connectivity index (χ1) is 6.20. The van der Waals surface area contributed by atoms with Crippen LogP contribution >= 0.6 is 22.6 Å². The van der Waals surface area contributed by atoms with Crippen molar-refractivity contribution in [2.24, 2.45) is 0 Å². The molecule has 0 aliphatic rings. The lowest BCUT2D eigenvalue weighted by Crippen LogP contribution is -1.87. The van der Waals surface area contributed by atoms with Crippen LogP contribution in [0.3, 0.4) is 0 Å². The van der Waals surface area contributed by atoms with Crippen molar-refractivity contribution in [2.75, 3.05) is 5.73 Å². The standard InChI is InChI=1S/C7H7IN4O/c1-3-2-10-11-5(3)6-4(8)7(9)12-13-6/h2H,1H3,(H2,9,12)(H,10,11). The molecule has 0 aliphatic carbocycles. The third kappa shape index (κ3) is 1.30. The number of nitrogens with two attached hydrogens (primary N) is 1. The molecule has 5 nitrogen and oxygen atoms in total. The van der Waals surface area contributed by atoms with Crippen LogP contribution in [0.25, 0.3) is 11.5 Å². The summed E-state index contributed by atoms with van der Waals surface area (Å²) >= 11 is 2.09. The number of halogens is 1. The monoisotopic (exact) mass is 290 g/mol. The van der Waals surface area contributed by atoms with Crippen LogP contribution < -0.4 is 5.73 Å². The van der Waals surface area contributed by atoms with Gasteiger partial charge in [-0.15, -0.1) is 0 Å². The molecule has 0 aromatic carbocycles. The molecule has 3 N–H and O–H groups in total. The van der Waals surface area contributed by atoms with Crippen LogP contribution in [0.2, 0.25) is 0 Å². The average molecular weight is 290 g/mol. The van der Waals surface area contributed by atoms with Gasteiger partial charge >= 0.3 is 0 Å². The van der Waals surface area contributed by atoms with Crippen molar-refractivity contribution in [3.8, 4) is 11.5 Å². The lowest BCUT2D eigenvalue weighted by molar-refractivity contribution is 0.434. The molecule has 0 saturated heterocycles. The highest BCUT2D eigenvalue weighted by Gasteiger charge is 2.15. The zero-order valence-corrected chi connectivity index (χ0v) is 8.99. The van der Waals surface area contributed by atoms with E-state index in [1.165, 1.54) is 0 Å². The molecule has 68 valence electrons. The highest BCUT2D eigenvalue weighted by atomic mass is 127. The van der Waals surface area contributed by atoms with E-state index in [2.05, 4.69) is 37.9 Å². The van der Waals surface area contributed by atoms with E-state index < -0.39 is 0 Å². The minimum atomic E-state index is 0.407. The number of aryl methyl sites for hydroxylation is 1. The summed E-state index contributed by atoms with van der Waals surface area (Å²) in [6.07, 6.45) is 1.73. The van der Waals surface area contributed by atoms with Crippen LogP contribution in [0.4, 0.5) is 5.82 Å². The van der Waals surface area contributed by atoms with E-state index in [0.717, 1.165) is 14.8 Å². The van der Waals surface area contributed by atoms with Crippen molar-refractivity contribution in [3.63, 3.8) is 0 Å². The summed E-state index contributed by atoms with van der Waals surface area (Å²) in [5.74, 6) is 1.05. The quantitative estimate of drug-likeness (QED) is 0.781. The van der Waals surface area contributed by atoms with Crippen molar-refractivity contribution in [3.05, 3.63) is 15.3 Å². The molecule has 0 atom stereocenters. The molecule has 0 radical (unpaired) electrons. The second-order valence-corrected chi connectivity index (χ2v) is 3.72. The molecule has 2 heterocycles. The van der Waals surface area contributed by atoms with Crippen LogP contribution in [0, 0.1) is 10.5 Å². The van der Waals surface area contributed by atoms with Gasteiger partial charge in [0.1, 0.15) is 9.26 Å². The molecule has 13 heavy (non-hydrogen) atoms. The topological polar surface area (TPSA) is 80.7 Å². The van der Waals surface area contributed by atoms with E-state index in [-0.39, 0.29) is 0 Å². The van der Waals surface area contributed by atoms with Crippen molar-refractivity contribution in [1.82, 2.24) is 15.4 Å². The normalized spacial score (nSPS) is 10.6. The smallest absolute Gasteiger partial charge is 0.200 e. The number of aromatic amines is 1. The van der Waals surface area contributed by atoms with Crippen LogP contribution in [0.1, 0.15) is 5.56 Å². The van der Waals surface area contributed by atoms with Gasteiger partial charge in [-0.05, 0) is 35.1 Å². The van der Waals surface area contributed by atoms with Crippen molar-refractivity contribution < 1.29 is 4.52 Å². The van der Waals surface area contributed by atoms with E-state index in [9.17, 15) is 0 Å². The Balaban J connectivity index is 2.59. The van der Waals surface area contributed by atoms with E-state index in [1.54, 1.807) is 6.20 Å². The molecule has 2 aromatic heterocycles. The van der Waals surface area contributed by atoms with Crippen molar-refractivity contribution in [1.29, 1.82) is 0 Å². The lowest BCUT2D eigenvalue weighted by atomic mass is 10.2. The summed E-state index contributed by atoms with van der Waals surface area (Å²) in [5.41, 5.74) is 7.39. The molecule has 0 amide bonds. The summed E-state index contributed by atoms with van der Waals surface area (Å²) in [6, 6.07) is 0. The van der Waals surface area contributed by atoms with Gasteiger partial charge in [0.25, 0.3) is 0 Å². The van der Waals surface area contributed by atoms with Gasteiger partial charge in [0, 0.05) is 0 Å². The number of hydrogen-bond donors (Lipinski definition) is 2. The first kappa shape index (κ1) is 8.54. The summed E-state index contributed by atoms with van der Waals surface area (Å²) in [6.45, 7) is 1.94. The van der Waals surface area contributed by atoms with Crippen LogP contribution in [0.5, 0.6) is 0 Å². The summed E-state index contributed by atoms with van der Waals surface area (Å²) < 4.78 is 5.88. The number of hydrogen-bond acceptors (Lipinski definition) is 4. The molecular weight excluding hydrogens is 283 g/mol. The molecule has 2 aromatic rings. The summed E-state index contributed by atoms with van der Waals surface area (Å²) in [4.78, 5) is 0. The zero-order chi connectivity index (χ0) is 9.42. The zero-order valence-electron chi connectivity index (χ0n) is 6.84. The minimum Gasteiger partial charge on any atom is -0.380 e. The van der Waals surface area contributed by atoms with Crippen LogP contribution in [0.15, 0.2) is 10.7 Å². The molecule has 6 heteroatoms. The second-order valence-electron chi connectivity index (χ2n) is 2.64. The fourth-order valence-electron chi connectivity index (χ4n) is 1.02. The fourth-order valence-corrected chi connectivity index (χ4v) is 1.49. The first-order valence-corrected chi connectivity index (χ1v) is 4.69. The molecule has 2 rings (SSSR count). The van der Waals surface area contributed by atoms with E-state index >= 15 is 0 Å². The van der Waals surface area contributed by atoms with Gasteiger partial charge in [0.05, 0.1) is 6.20 Å². The Kier molecular flexibility index (Phi) is 1.98. The first-order valence-electron chi connectivity index (χ1n) is 3.61. The predicted molar refractivity (Wildman–Crippen MR) is 56.0 cm³/mol. The number of anilines is 1. The Morgan fingerprint density at radius 2 is 2.38 bits per heavy atom. The third-order valence-electron chi connectivity index (χ3n) is 1.72. The van der Waals surface area contributed by atoms with Gasteiger partial charge in [-0.3, -0.25) is 5.10 Å². The Morgan fingerprint density at radius 1 is 1.62 bits per heavy atom. The molecular formula is C7H7IN4O. The van der Waals surface area contributed by atoms with Crippen LogP contribution in [-0.4, -0.2) is 15.4 Å². The molecule has 0 bridgehead atoms. The van der Waals surface area contributed by atoms with Gasteiger partial charge in [0.15, 0.2) is 11.6 Å². The van der Waals surface area contributed by atoms with Gasteiger partial charge in [-0.2, -0.15) is 5.10 Å². The molecule has 0 spiro atoms. The third-order valence-corrected chi connectivity index (χ3v) is 2.76. The SMILES string of the molecule is Cc1cn[nH]c1-c1onc(N)c1I. The fraction of sp³-hybridized carbons (Fsp3) is 0.143. The maximum atomic E-state index is 5.55. The van der Waals surface area contributed by atoms with Gasteiger partial charge < -0.3 is 10.3 Å². The molecule has 0 unspecified atom stereocenters. The number of H-pyrrole nitrogens is 1. The van der Waals surface area contributed by atoms with Crippen LogP contribution in [-0.2, 0) is 0 Å². The Bertz CT molecular complexity index is 433. The Hall–Kier alpha value is -1.05. The van der Waals surface area contributed by atoms with Gasteiger partial charge in [0.2, 0.25) is 0 Å². The maximum absolute atomic E-state index is 5.55. The minimum absolute atomic E-state index is 0.407. The maximum Gasteiger partial charge on any atom is 0.200 e. The Morgan fingerprint density at radius 3 is 2.85 bits per heavy atom. The Labute approximate surface area is 87.8 Å². The van der Waals surface area contributed by atoms with Gasteiger partial charge in [-0.1, -0.05) is 5.16 Å². The molecule has 0 aliphatic heterocycles. The number of nitrogens with zero attached hydrogens (tertiary/aromatic N) is 2. The number of rotatable bonds is 1. The highest BCUT2D eigenvalue weighted by Crippen LogP contribution is 2.29. The predicted octanol–water partition coefficient (Wildman–Crippen LogP) is 1.56. The van der Waals surface area contributed by atoms with E-state index in [0.29, 0.717) is 11.6 Å². The number of nitrogen functional groups attached to an aromatic ring is 1. The number of nitrogens with one attached hydrogen (secondary N) is 1. The van der Waals surface area contributed by atoms with E-state index in [1.807, 2.05) is 6.92 Å². The molecule has 0 saturated carbocycles. The second kappa shape index (κ2) is 3.02. The molecule has 0 fully saturated rings. The van der Waals surface area contributed by atoms with Gasteiger partial charge in [-0.25, -0.2) is 0 Å².